The van der Waals surface area contributed by atoms with Gasteiger partial charge in [-0.25, -0.2) is 4.79 Å². The minimum Gasteiger partial charge on any atom is -0.491 e. The SMILES string of the molecule is Cc1cccc(C)c1NC(=O)CNC(=O)C(C)OC(=O)c1ccc(OC(C)C)cc1. The molecule has 0 heterocycles. The molecule has 0 fully saturated rings. The fraction of sp³-hybridized carbons (Fsp3) is 0.348. The van der Waals surface area contributed by atoms with Crippen LogP contribution in [-0.2, 0) is 14.3 Å². The van der Waals surface area contributed by atoms with Crippen LogP contribution in [0.3, 0.4) is 0 Å². The lowest BCUT2D eigenvalue weighted by atomic mass is 10.1. The highest BCUT2D eigenvalue weighted by molar-refractivity contribution is 5.97. The zero-order chi connectivity index (χ0) is 22.3. The lowest BCUT2D eigenvalue weighted by Crippen LogP contribution is -2.40. The highest BCUT2D eigenvalue weighted by atomic mass is 16.5. The van der Waals surface area contributed by atoms with Crippen LogP contribution in [0.1, 0.15) is 42.3 Å². The number of hydrogen-bond donors (Lipinski definition) is 2. The molecule has 0 bridgehead atoms. The average molecular weight is 412 g/mol. The number of carbonyl (C=O) groups is 3. The third-order valence-electron chi connectivity index (χ3n) is 4.28. The van der Waals surface area contributed by atoms with E-state index in [1.807, 2.05) is 45.9 Å². The third kappa shape index (κ3) is 6.62. The number of amides is 2. The molecule has 2 N–H and O–H groups in total. The quantitative estimate of drug-likeness (QED) is 0.648. The third-order valence-corrected chi connectivity index (χ3v) is 4.28. The average Bonchev–Trinajstić information content (AvgIpc) is 2.69. The van der Waals surface area contributed by atoms with E-state index in [2.05, 4.69) is 10.6 Å². The van der Waals surface area contributed by atoms with Crippen molar-refractivity contribution in [3.8, 4) is 5.75 Å². The molecule has 160 valence electrons. The molecule has 0 aliphatic heterocycles. The standard InChI is InChI=1S/C23H28N2O5/c1-14(2)29-19-11-9-18(10-12-19)23(28)30-17(5)22(27)24-13-20(26)25-21-15(3)7-6-8-16(21)4/h6-12,14,17H,13H2,1-5H3,(H,24,27)(H,25,26). The Balaban J connectivity index is 1.84. The second kappa shape index (κ2) is 10.4. The molecular formula is C23H28N2O5. The molecule has 0 aromatic heterocycles. The van der Waals surface area contributed by atoms with Crippen LogP contribution < -0.4 is 15.4 Å². The highest BCUT2D eigenvalue weighted by Crippen LogP contribution is 2.19. The number of nitrogens with one attached hydrogen (secondary N) is 2. The number of rotatable bonds is 8. The van der Waals surface area contributed by atoms with Crippen molar-refractivity contribution in [2.24, 2.45) is 0 Å². The summed E-state index contributed by atoms with van der Waals surface area (Å²) in [5.74, 6) is -0.907. The Morgan fingerprint density at radius 2 is 1.53 bits per heavy atom. The number of ether oxygens (including phenoxy) is 2. The molecule has 7 heteroatoms. The van der Waals surface area contributed by atoms with Crippen LogP contribution in [-0.4, -0.2) is 36.5 Å². The number of benzene rings is 2. The fourth-order valence-corrected chi connectivity index (χ4v) is 2.73. The van der Waals surface area contributed by atoms with Crippen molar-refractivity contribution < 1.29 is 23.9 Å². The molecule has 2 rings (SSSR count). The van der Waals surface area contributed by atoms with Gasteiger partial charge in [-0.05, 0) is 70.0 Å². The molecule has 7 nitrogen and oxygen atoms in total. The van der Waals surface area contributed by atoms with Gasteiger partial charge in [0.1, 0.15) is 5.75 Å². The molecule has 0 spiro atoms. The van der Waals surface area contributed by atoms with E-state index >= 15 is 0 Å². The van der Waals surface area contributed by atoms with E-state index in [-0.39, 0.29) is 18.6 Å². The van der Waals surface area contributed by atoms with Gasteiger partial charge in [0.2, 0.25) is 5.91 Å². The topological polar surface area (TPSA) is 93.7 Å². The molecule has 1 atom stereocenters. The van der Waals surface area contributed by atoms with Crippen LogP contribution in [0.25, 0.3) is 0 Å². The lowest BCUT2D eigenvalue weighted by Gasteiger charge is -2.15. The molecule has 0 aliphatic carbocycles. The van der Waals surface area contributed by atoms with Gasteiger partial charge >= 0.3 is 5.97 Å². The van der Waals surface area contributed by atoms with Gasteiger partial charge in [-0.1, -0.05) is 18.2 Å². The summed E-state index contributed by atoms with van der Waals surface area (Å²) in [5.41, 5.74) is 2.89. The molecule has 2 aromatic rings. The van der Waals surface area contributed by atoms with Gasteiger partial charge in [0.25, 0.3) is 5.91 Å². The number of hydrogen-bond acceptors (Lipinski definition) is 5. The van der Waals surface area contributed by atoms with E-state index in [1.165, 1.54) is 6.92 Å². The van der Waals surface area contributed by atoms with Crippen LogP contribution >= 0.6 is 0 Å². The van der Waals surface area contributed by atoms with Crippen LogP contribution in [0.4, 0.5) is 5.69 Å². The van der Waals surface area contributed by atoms with Crippen molar-refractivity contribution in [2.75, 3.05) is 11.9 Å². The molecule has 1 unspecified atom stereocenters. The first-order valence-corrected chi connectivity index (χ1v) is 9.79. The maximum atomic E-state index is 12.2. The van der Waals surface area contributed by atoms with Gasteiger partial charge < -0.3 is 20.1 Å². The predicted octanol–water partition coefficient (Wildman–Crippen LogP) is 3.39. The first kappa shape index (κ1) is 22.9. The van der Waals surface area contributed by atoms with E-state index < -0.39 is 18.0 Å². The van der Waals surface area contributed by atoms with Gasteiger partial charge in [0.15, 0.2) is 6.10 Å². The summed E-state index contributed by atoms with van der Waals surface area (Å²) in [6, 6.07) is 12.2. The number of anilines is 1. The highest BCUT2D eigenvalue weighted by Gasteiger charge is 2.20. The van der Waals surface area contributed by atoms with Gasteiger partial charge in [-0.3, -0.25) is 9.59 Å². The summed E-state index contributed by atoms with van der Waals surface area (Å²) < 4.78 is 10.7. The Labute approximate surface area is 176 Å². The Kier molecular flexibility index (Phi) is 7.98. The lowest BCUT2D eigenvalue weighted by molar-refractivity contribution is -0.130. The van der Waals surface area contributed by atoms with E-state index in [4.69, 9.17) is 9.47 Å². The molecule has 0 saturated carbocycles. The normalized spacial score (nSPS) is 11.5. The Morgan fingerprint density at radius 3 is 2.10 bits per heavy atom. The van der Waals surface area contributed by atoms with Crippen LogP contribution in [0, 0.1) is 13.8 Å². The number of esters is 1. The van der Waals surface area contributed by atoms with E-state index in [0.717, 1.165) is 16.8 Å². The molecule has 0 radical (unpaired) electrons. The van der Waals surface area contributed by atoms with Crippen molar-refractivity contribution in [1.29, 1.82) is 0 Å². The fourth-order valence-electron chi connectivity index (χ4n) is 2.73. The van der Waals surface area contributed by atoms with Crippen LogP contribution in [0.2, 0.25) is 0 Å². The van der Waals surface area contributed by atoms with Crippen molar-refractivity contribution in [2.45, 2.75) is 46.8 Å². The number of para-hydroxylation sites is 1. The van der Waals surface area contributed by atoms with Crippen molar-refractivity contribution in [3.05, 3.63) is 59.2 Å². The minimum absolute atomic E-state index is 0.0263. The predicted molar refractivity (Wildman–Crippen MR) is 115 cm³/mol. The number of carbonyl (C=O) groups excluding carboxylic acids is 3. The summed E-state index contributed by atoms with van der Waals surface area (Å²) in [6.07, 6.45) is -1.02. The zero-order valence-electron chi connectivity index (χ0n) is 17.9. The van der Waals surface area contributed by atoms with E-state index in [0.29, 0.717) is 11.3 Å². The summed E-state index contributed by atoms with van der Waals surface area (Å²) in [4.78, 5) is 36.6. The van der Waals surface area contributed by atoms with Crippen LogP contribution in [0.5, 0.6) is 5.75 Å². The van der Waals surface area contributed by atoms with Gasteiger partial charge in [0, 0.05) is 5.69 Å². The largest absolute Gasteiger partial charge is 0.491 e. The maximum Gasteiger partial charge on any atom is 0.338 e. The second-order valence-electron chi connectivity index (χ2n) is 7.27. The Morgan fingerprint density at radius 1 is 0.933 bits per heavy atom. The summed E-state index contributed by atoms with van der Waals surface area (Å²) in [5, 5.41) is 5.27. The van der Waals surface area contributed by atoms with Gasteiger partial charge in [0.05, 0.1) is 18.2 Å². The first-order valence-electron chi connectivity index (χ1n) is 9.79. The van der Waals surface area contributed by atoms with Crippen molar-refractivity contribution in [1.82, 2.24) is 5.32 Å². The molecule has 0 saturated heterocycles. The monoisotopic (exact) mass is 412 g/mol. The van der Waals surface area contributed by atoms with Crippen molar-refractivity contribution >= 4 is 23.5 Å². The Bertz CT molecular complexity index is 886. The molecule has 2 amide bonds. The number of aryl methyl sites for hydroxylation is 2. The molecule has 2 aromatic carbocycles. The summed E-state index contributed by atoms with van der Waals surface area (Å²) in [7, 11) is 0. The zero-order valence-corrected chi connectivity index (χ0v) is 17.9. The smallest absolute Gasteiger partial charge is 0.338 e. The molecular weight excluding hydrogens is 384 g/mol. The molecule has 0 aliphatic rings. The second-order valence-corrected chi connectivity index (χ2v) is 7.27. The van der Waals surface area contributed by atoms with E-state index in [9.17, 15) is 14.4 Å². The minimum atomic E-state index is -1.04. The Hall–Kier alpha value is -3.35. The van der Waals surface area contributed by atoms with Crippen molar-refractivity contribution in [3.63, 3.8) is 0 Å². The van der Waals surface area contributed by atoms with E-state index in [1.54, 1.807) is 24.3 Å². The summed E-state index contributed by atoms with van der Waals surface area (Å²) in [6.45, 7) is 8.83. The maximum absolute atomic E-state index is 12.2. The molecule has 30 heavy (non-hydrogen) atoms. The van der Waals surface area contributed by atoms with Crippen LogP contribution in [0.15, 0.2) is 42.5 Å². The summed E-state index contributed by atoms with van der Waals surface area (Å²) >= 11 is 0. The van der Waals surface area contributed by atoms with Gasteiger partial charge in [-0.2, -0.15) is 0 Å². The first-order chi connectivity index (χ1) is 14.2. The van der Waals surface area contributed by atoms with Gasteiger partial charge in [-0.15, -0.1) is 0 Å².